The smallest absolute Gasteiger partial charge is 0.358 e. The third-order valence-electron chi connectivity index (χ3n) is 4.51. The van der Waals surface area contributed by atoms with Gasteiger partial charge in [-0.1, -0.05) is 32.6 Å². The van der Waals surface area contributed by atoms with Gasteiger partial charge in [-0.15, -0.1) is 12.6 Å². The molecule has 0 aromatic heterocycles. The lowest BCUT2D eigenvalue weighted by molar-refractivity contribution is -0.137. The number of aryl methyl sites for hydroxylation is 1. The molecule has 0 radical (unpaired) electrons. The minimum atomic E-state index is -4.56. The fourth-order valence-corrected chi connectivity index (χ4v) is 2.86. The summed E-state index contributed by atoms with van der Waals surface area (Å²) in [5.41, 5.74) is 0.142. The van der Waals surface area contributed by atoms with Crippen LogP contribution in [0.15, 0.2) is 59.6 Å². The maximum atomic E-state index is 13.3. The van der Waals surface area contributed by atoms with Gasteiger partial charge in [0.25, 0.3) is 0 Å². The summed E-state index contributed by atoms with van der Waals surface area (Å²) in [5.74, 6) is 0. The maximum absolute atomic E-state index is 13.3. The van der Waals surface area contributed by atoms with Crippen molar-refractivity contribution in [3.8, 4) is 6.07 Å². The summed E-state index contributed by atoms with van der Waals surface area (Å²) in [7, 11) is 0. The molecule has 2 rings (SSSR count). The minimum absolute atomic E-state index is 0.0376. The Balaban J connectivity index is 2.17. The number of benzene rings is 2. The summed E-state index contributed by atoms with van der Waals surface area (Å²) in [5, 5.41) is 11.7. The quantitative estimate of drug-likeness (QED) is 0.556. The average Bonchev–Trinajstić information content (AvgIpc) is 2.59. The number of nitrogens with zero attached hydrogens (tertiary/aromatic N) is 1. The van der Waals surface area contributed by atoms with E-state index in [4.69, 9.17) is 5.26 Å². The van der Waals surface area contributed by atoms with Crippen molar-refractivity contribution in [2.24, 2.45) is 5.41 Å². The normalized spacial score (nSPS) is 11.7. The number of hydrogen-bond acceptors (Lipinski definition) is 3. The Bertz CT molecular complexity index is 880. The van der Waals surface area contributed by atoms with E-state index in [2.05, 4.69) is 24.5 Å². The lowest BCUT2D eigenvalue weighted by atomic mass is 9.83. The van der Waals surface area contributed by atoms with Crippen LogP contribution in [0.5, 0.6) is 0 Å². The van der Waals surface area contributed by atoms with Crippen LogP contribution in [0, 0.1) is 16.7 Å². The third kappa shape index (κ3) is 5.54. The number of hydrogen-bond donors (Lipinski definition) is 2. The Morgan fingerprint density at radius 3 is 2.48 bits per heavy atom. The third-order valence-corrected chi connectivity index (χ3v) is 4.78. The predicted molar refractivity (Wildman–Crippen MR) is 105 cm³/mol. The van der Waals surface area contributed by atoms with Gasteiger partial charge in [0, 0.05) is 16.0 Å². The second-order valence-corrected chi connectivity index (χ2v) is 7.54. The summed E-state index contributed by atoms with van der Waals surface area (Å²) < 4.78 is 40.0. The molecule has 0 atom stereocenters. The summed E-state index contributed by atoms with van der Waals surface area (Å²) >= 11 is 4.32. The highest BCUT2D eigenvalue weighted by Crippen LogP contribution is 2.38. The molecule has 0 heterocycles. The van der Waals surface area contributed by atoms with E-state index in [1.807, 2.05) is 38.1 Å². The Morgan fingerprint density at radius 1 is 1.19 bits per heavy atom. The molecule has 0 bridgehead atoms. The largest absolute Gasteiger partial charge is 0.418 e. The zero-order valence-corrected chi connectivity index (χ0v) is 16.1. The molecule has 0 saturated carbocycles. The van der Waals surface area contributed by atoms with Crippen LogP contribution < -0.4 is 5.32 Å². The summed E-state index contributed by atoms with van der Waals surface area (Å²) in [6, 6.07) is 13.0. The fraction of sp³-hybridized carbons (Fsp3) is 0.286. The average molecular weight is 390 g/mol. The van der Waals surface area contributed by atoms with Gasteiger partial charge >= 0.3 is 6.18 Å². The van der Waals surface area contributed by atoms with Crippen LogP contribution >= 0.6 is 12.6 Å². The van der Waals surface area contributed by atoms with E-state index >= 15 is 0 Å². The van der Waals surface area contributed by atoms with E-state index in [-0.39, 0.29) is 11.3 Å². The Kier molecular flexibility index (Phi) is 6.27. The molecule has 2 aromatic rings. The van der Waals surface area contributed by atoms with Crippen molar-refractivity contribution in [1.82, 2.24) is 0 Å². The van der Waals surface area contributed by atoms with Gasteiger partial charge in [0.15, 0.2) is 0 Å². The van der Waals surface area contributed by atoms with E-state index in [0.717, 1.165) is 22.9 Å². The van der Waals surface area contributed by atoms with Crippen molar-refractivity contribution in [2.45, 2.75) is 37.8 Å². The predicted octanol–water partition coefficient (Wildman–Crippen LogP) is 6.45. The van der Waals surface area contributed by atoms with E-state index in [1.54, 1.807) is 6.07 Å². The van der Waals surface area contributed by atoms with Crippen LogP contribution in [0.3, 0.4) is 0 Å². The molecule has 0 unspecified atom stereocenters. The molecular formula is C21H21F3N2S. The van der Waals surface area contributed by atoms with Crippen molar-refractivity contribution in [2.75, 3.05) is 5.32 Å². The van der Waals surface area contributed by atoms with Gasteiger partial charge in [0.05, 0.1) is 22.9 Å². The van der Waals surface area contributed by atoms with Gasteiger partial charge in [0.1, 0.15) is 0 Å². The van der Waals surface area contributed by atoms with Crippen LogP contribution in [-0.2, 0) is 12.6 Å². The highest BCUT2D eigenvalue weighted by atomic mass is 32.1. The zero-order chi connectivity index (χ0) is 20.2. The van der Waals surface area contributed by atoms with Crippen molar-refractivity contribution >= 4 is 18.3 Å². The summed E-state index contributed by atoms with van der Waals surface area (Å²) in [6.45, 7) is 7.83. The lowest BCUT2D eigenvalue weighted by Gasteiger charge is -2.29. The van der Waals surface area contributed by atoms with E-state index in [1.165, 1.54) is 12.1 Å². The van der Waals surface area contributed by atoms with Crippen molar-refractivity contribution < 1.29 is 13.2 Å². The van der Waals surface area contributed by atoms with Gasteiger partial charge < -0.3 is 5.32 Å². The second-order valence-electron chi connectivity index (χ2n) is 7.03. The van der Waals surface area contributed by atoms with Gasteiger partial charge in [-0.2, -0.15) is 18.4 Å². The van der Waals surface area contributed by atoms with E-state index in [0.29, 0.717) is 12.1 Å². The number of nitrogens with one attached hydrogen (secondary N) is 1. The fourth-order valence-electron chi connectivity index (χ4n) is 2.61. The number of anilines is 1. The zero-order valence-electron chi connectivity index (χ0n) is 15.2. The van der Waals surface area contributed by atoms with E-state index in [9.17, 15) is 13.2 Å². The Hall–Kier alpha value is -2.39. The second kappa shape index (κ2) is 8.10. The molecule has 0 aliphatic rings. The van der Waals surface area contributed by atoms with Crippen LogP contribution in [0.4, 0.5) is 18.9 Å². The lowest BCUT2D eigenvalue weighted by Crippen LogP contribution is -2.22. The monoisotopic (exact) mass is 390 g/mol. The highest BCUT2D eigenvalue weighted by Gasteiger charge is 2.34. The Morgan fingerprint density at radius 2 is 1.89 bits per heavy atom. The van der Waals surface area contributed by atoms with Gasteiger partial charge in [0.2, 0.25) is 0 Å². The molecule has 6 heteroatoms. The van der Waals surface area contributed by atoms with Crippen LogP contribution in [0.1, 0.15) is 37.0 Å². The van der Waals surface area contributed by atoms with Gasteiger partial charge in [-0.25, -0.2) is 0 Å². The molecular weight excluding hydrogens is 369 g/mol. The van der Waals surface area contributed by atoms with E-state index < -0.39 is 17.2 Å². The van der Waals surface area contributed by atoms with Crippen molar-refractivity contribution in [3.63, 3.8) is 0 Å². The first-order valence-corrected chi connectivity index (χ1v) is 8.83. The number of rotatable bonds is 6. The minimum Gasteiger partial charge on any atom is -0.358 e. The number of halogens is 3. The molecule has 0 fully saturated rings. The number of thiol groups is 1. The first-order valence-electron chi connectivity index (χ1n) is 8.38. The molecule has 0 saturated heterocycles. The van der Waals surface area contributed by atoms with Crippen LogP contribution in [-0.4, -0.2) is 0 Å². The molecule has 0 aliphatic carbocycles. The standard InChI is InChI=1S/C21H21F3N2S/c1-14(20(2,3)10-9-15-5-4-6-17(27)11-15)26-19-8-7-16(13-25)12-18(19)21(22,23)24/h4-8,11-12,26-27H,1,9-10H2,2-3H3. The number of alkyl halides is 3. The molecule has 2 aromatic carbocycles. The maximum Gasteiger partial charge on any atom is 0.418 e. The SMILES string of the molecule is C=C(Nc1ccc(C#N)cc1C(F)(F)F)C(C)(C)CCc1cccc(S)c1. The van der Waals surface area contributed by atoms with Crippen molar-refractivity contribution in [1.29, 1.82) is 5.26 Å². The van der Waals surface area contributed by atoms with Crippen LogP contribution in [0.2, 0.25) is 0 Å². The molecule has 0 amide bonds. The number of allylic oxidation sites excluding steroid dienone is 1. The molecule has 27 heavy (non-hydrogen) atoms. The Labute approximate surface area is 163 Å². The van der Waals surface area contributed by atoms with Gasteiger partial charge in [-0.3, -0.25) is 0 Å². The topological polar surface area (TPSA) is 35.8 Å². The van der Waals surface area contributed by atoms with Gasteiger partial charge in [-0.05, 0) is 48.7 Å². The first-order chi connectivity index (χ1) is 12.5. The van der Waals surface area contributed by atoms with Crippen molar-refractivity contribution in [3.05, 3.63) is 71.4 Å². The highest BCUT2D eigenvalue weighted by molar-refractivity contribution is 7.80. The summed E-state index contributed by atoms with van der Waals surface area (Å²) in [4.78, 5) is 0.870. The first kappa shape index (κ1) is 20.9. The number of nitriles is 1. The van der Waals surface area contributed by atoms with Crippen LogP contribution in [0.25, 0.3) is 0 Å². The molecule has 142 valence electrons. The molecule has 0 aliphatic heterocycles. The molecule has 2 nitrogen and oxygen atoms in total. The molecule has 0 spiro atoms. The molecule has 1 N–H and O–H groups in total. The summed E-state index contributed by atoms with van der Waals surface area (Å²) in [6.07, 6.45) is -3.11.